The summed E-state index contributed by atoms with van der Waals surface area (Å²) in [4.78, 5) is 4.30. The third-order valence-corrected chi connectivity index (χ3v) is 2.07. The Kier molecular flexibility index (Phi) is 2.56. The maximum Gasteiger partial charge on any atom is 0.0774 e. The third kappa shape index (κ3) is 1.65. The van der Waals surface area contributed by atoms with Gasteiger partial charge < -0.3 is 5.11 Å². The van der Waals surface area contributed by atoms with Crippen molar-refractivity contribution in [2.75, 3.05) is 6.61 Å². The van der Waals surface area contributed by atoms with Crippen LogP contribution in [0.15, 0.2) is 42.6 Å². The molecule has 0 atom stereocenters. The van der Waals surface area contributed by atoms with Gasteiger partial charge in [-0.05, 0) is 6.07 Å². The van der Waals surface area contributed by atoms with Crippen LogP contribution >= 0.6 is 0 Å². The molecule has 0 aliphatic heterocycles. The van der Waals surface area contributed by atoms with Crippen molar-refractivity contribution in [3.05, 3.63) is 48.2 Å². The molecule has 0 saturated carbocycles. The lowest BCUT2D eigenvalue weighted by Crippen LogP contribution is -1.82. The molecule has 0 radical (unpaired) electrons. The zero-order valence-electron chi connectivity index (χ0n) is 7.72. The predicted octanol–water partition coefficient (Wildman–Crippen LogP) is 2.24. The van der Waals surface area contributed by atoms with Crippen LogP contribution < -0.4 is 0 Å². The van der Waals surface area contributed by atoms with E-state index in [2.05, 4.69) is 4.98 Å². The molecule has 1 aromatic carbocycles. The molecule has 1 N–H and O–H groups in total. The first-order chi connectivity index (χ1) is 6.92. The zero-order chi connectivity index (χ0) is 9.80. The molecular weight excluding hydrogens is 174 g/mol. The van der Waals surface area contributed by atoms with Gasteiger partial charge in [0.2, 0.25) is 0 Å². The van der Waals surface area contributed by atoms with E-state index in [4.69, 9.17) is 5.11 Å². The van der Waals surface area contributed by atoms with E-state index in [-0.39, 0.29) is 6.61 Å². The molecule has 0 fully saturated rings. The summed E-state index contributed by atoms with van der Waals surface area (Å²) < 4.78 is 0. The standard InChI is InChI=1S/C12H11NO/c14-9-3-7-11-5-1-4-10-6-2-8-13-12(10)11/h1-8,14H,9H2. The first-order valence-electron chi connectivity index (χ1n) is 4.53. The van der Waals surface area contributed by atoms with Gasteiger partial charge in [0.05, 0.1) is 12.1 Å². The highest BCUT2D eigenvalue weighted by atomic mass is 16.2. The van der Waals surface area contributed by atoms with Gasteiger partial charge in [0, 0.05) is 17.1 Å². The number of nitrogens with zero attached hydrogens (tertiary/aromatic N) is 1. The van der Waals surface area contributed by atoms with Crippen molar-refractivity contribution in [2.45, 2.75) is 0 Å². The smallest absolute Gasteiger partial charge is 0.0774 e. The van der Waals surface area contributed by atoms with E-state index in [1.54, 1.807) is 12.3 Å². The van der Waals surface area contributed by atoms with Crippen LogP contribution in [0.2, 0.25) is 0 Å². The van der Waals surface area contributed by atoms with E-state index in [9.17, 15) is 0 Å². The van der Waals surface area contributed by atoms with Crippen LogP contribution in [-0.4, -0.2) is 16.7 Å². The lowest BCUT2D eigenvalue weighted by atomic mass is 10.1. The van der Waals surface area contributed by atoms with Crippen molar-refractivity contribution in [2.24, 2.45) is 0 Å². The highest BCUT2D eigenvalue weighted by molar-refractivity contribution is 5.86. The quantitative estimate of drug-likeness (QED) is 0.778. The molecule has 2 heteroatoms. The topological polar surface area (TPSA) is 33.1 Å². The number of pyridine rings is 1. The van der Waals surface area contributed by atoms with Crippen molar-refractivity contribution in [1.82, 2.24) is 4.98 Å². The van der Waals surface area contributed by atoms with Gasteiger partial charge in [0.25, 0.3) is 0 Å². The molecule has 0 amide bonds. The highest BCUT2D eigenvalue weighted by Crippen LogP contribution is 2.16. The minimum absolute atomic E-state index is 0.0588. The van der Waals surface area contributed by atoms with E-state index in [1.165, 1.54) is 0 Å². The summed E-state index contributed by atoms with van der Waals surface area (Å²) in [6, 6.07) is 9.95. The molecule has 0 aliphatic carbocycles. The van der Waals surface area contributed by atoms with E-state index in [0.29, 0.717) is 0 Å². The fraction of sp³-hybridized carbons (Fsp3) is 0.0833. The Morgan fingerprint density at radius 1 is 1.21 bits per heavy atom. The first kappa shape index (κ1) is 8.91. The average molecular weight is 185 g/mol. The molecule has 1 heterocycles. The molecule has 0 saturated heterocycles. The second kappa shape index (κ2) is 4.03. The summed E-state index contributed by atoms with van der Waals surface area (Å²) in [5, 5.41) is 9.81. The number of hydrogen-bond acceptors (Lipinski definition) is 2. The summed E-state index contributed by atoms with van der Waals surface area (Å²) >= 11 is 0. The molecule has 2 nitrogen and oxygen atoms in total. The summed E-state index contributed by atoms with van der Waals surface area (Å²) in [6.07, 6.45) is 5.37. The number of aromatic nitrogens is 1. The summed E-state index contributed by atoms with van der Waals surface area (Å²) in [5.74, 6) is 0. The third-order valence-electron chi connectivity index (χ3n) is 2.07. The van der Waals surface area contributed by atoms with Crippen LogP contribution in [0, 0.1) is 0 Å². The second-order valence-electron chi connectivity index (χ2n) is 3.01. The van der Waals surface area contributed by atoms with Gasteiger partial charge in [-0.15, -0.1) is 0 Å². The van der Waals surface area contributed by atoms with Gasteiger partial charge in [-0.2, -0.15) is 0 Å². The van der Waals surface area contributed by atoms with Crippen molar-refractivity contribution < 1.29 is 5.11 Å². The first-order valence-corrected chi connectivity index (χ1v) is 4.53. The van der Waals surface area contributed by atoms with Crippen LogP contribution in [0.4, 0.5) is 0 Å². The van der Waals surface area contributed by atoms with Crippen LogP contribution in [0.1, 0.15) is 5.56 Å². The Balaban J connectivity index is 2.59. The van der Waals surface area contributed by atoms with E-state index in [1.807, 2.05) is 36.4 Å². The van der Waals surface area contributed by atoms with E-state index >= 15 is 0 Å². The minimum atomic E-state index is 0.0588. The van der Waals surface area contributed by atoms with Gasteiger partial charge in [-0.3, -0.25) is 4.98 Å². The van der Waals surface area contributed by atoms with Gasteiger partial charge in [-0.25, -0.2) is 0 Å². The Labute approximate surface area is 82.5 Å². The van der Waals surface area contributed by atoms with Gasteiger partial charge in [0.1, 0.15) is 0 Å². The lowest BCUT2D eigenvalue weighted by molar-refractivity contribution is 0.343. The molecule has 2 aromatic rings. The number of para-hydroxylation sites is 1. The maximum absolute atomic E-state index is 8.69. The van der Waals surface area contributed by atoms with Crippen LogP contribution in [0.25, 0.3) is 17.0 Å². The maximum atomic E-state index is 8.69. The average Bonchev–Trinajstić information content (AvgIpc) is 2.26. The van der Waals surface area contributed by atoms with Crippen LogP contribution in [0.3, 0.4) is 0 Å². The normalized spacial score (nSPS) is 11.2. The number of aliphatic hydroxyl groups excluding tert-OH is 1. The minimum Gasteiger partial charge on any atom is -0.392 e. The molecule has 0 aliphatic rings. The Morgan fingerprint density at radius 3 is 2.93 bits per heavy atom. The zero-order valence-corrected chi connectivity index (χ0v) is 7.72. The van der Waals surface area contributed by atoms with Crippen molar-refractivity contribution in [3.63, 3.8) is 0 Å². The lowest BCUT2D eigenvalue weighted by Gasteiger charge is -1.99. The summed E-state index contributed by atoms with van der Waals surface area (Å²) in [6.45, 7) is 0.0588. The predicted molar refractivity (Wildman–Crippen MR) is 57.9 cm³/mol. The molecule has 70 valence electrons. The summed E-state index contributed by atoms with van der Waals surface area (Å²) in [7, 11) is 0. The fourth-order valence-electron chi connectivity index (χ4n) is 1.44. The van der Waals surface area contributed by atoms with Crippen molar-refractivity contribution >= 4 is 17.0 Å². The number of fused-ring (bicyclic) bond motifs is 1. The number of hydrogen-bond donors (Lipinski definition) is 1. The molecule has 0 unspecified atom stereocenters. The highest BCUT2D eigenvalue weighted by Gasteiger charge is 1.96. The number of rotatable bonds is 2. The largest absolute Gasteiger partial charge is 0.392 e. The Bertz CT molecular complexity index is 457. The van der Waals surface area contributed by atoms with Gasteiger partial charge >= 0.3 is 0 Å². The molecule has 0 bridgehead atoms. The monoisotopic (exact) mass is 185 g/mol. The molecule has 14 heavy (non-hydrogen) atoms. The van der Waals surface area contributed by atoms with Crippen LogP contribution in [-0.2, 0) is 0 Å². The second-order valence-corrected chi connectivity index (χ2v) is 3.01. The molecule has 1 aromatic heterocycles. The van der Waals surface area contributed by atoms with Crippen LogP contribution in [0.5, 0.6) is 0 Å². The molecular formula is C12H11NO. The van der Waals surface area contributed by atoms with Gasteiger partial charge in [0.15, 0.2) is 0 Å². The Morgan fingerprint density at radius 2 is 2.07 bits per heavy atom. The fourth-order valence-corrected chi connectivity index (χ4v) is 1.44. The Hall–Kier alpha value is -1.67. The molecule has 0 spiro atoms. The van der Waals surface area contributed by atoms with E-state index in [0.717, 1.165) is 16.5 Å². The van der Waals surface area contributed by atoms with Crippen molar-refractivity contribution in [3.8, 4) is 0 Å². The number of aliphatic hydroxyl groups is 1. The SMILES string of the molecule is OCC=Cc1cccc2cccnc12. The van der Waals surface area contributed by atoms with Crippen molar-refractivity contribution in [1.29, 1.82) is 0 Å². The van der Waals surface area contributed by atoms with Gasteiger partial charge in [-0.1, -0.05) is 36.4 Å². The summed E-state index contributed by atoms with van der Waals surface area (Å²) in [5.41, 5.74) is 2.01. The molecule has 2 rings (SSSR count). The van der Waals surface area contributed by atoms with E-state index < -0.39 is 0 Å². The number of benzene rings is 1.